The van der Waals surface area contributed by atoms with Gasteiger partial charge in [-0.2, -0.15) is 0 Å². The van der Waals surface area contributed by atoms with Crippen molar-refractivity contribution in [3.63, 3.8) is 0 Å². The van der Waals surface area contributed by atoms with Gasteiger partial charge in [-0.3, -0.25) is 0 Å². The van der Waals surface area contributed by atoms with Crippen molar-refractivity contribution in [2.75, 3.05) is 13.7 Å². The molecule has 2 heterocycles. The molecule has 2 fully saturated rings. The van der Waals surface area contributed by atoms with Crippen LogP contribution in [0.15, 0.2) is 17.4 Å². The van der Waals surface area contributed by atoms with E-state index in [2.05, 4.69) is 5.73 Å². The maximum absolute atomic E-state index is 9.34. The molecule has 2 unspecified atom stereocenters. The minimum absolute atomic E-state index is 0.112. The molecule has 1 N–H and O–H groups in total. The summed E-state index contributed by atoms with van der Waals surface area (Å²) in [6, 6.07) is -0.230. The molecule has 2 saturated heterocycles. The summed E-state index contributed by atoms with van der Waals surface area (Å²) in [5.74, 6) is 0. The van der Waals surface area contributed by atoms with E-state index in [9.17, 15) is 5.11 Å². The first-order chi connectivity index (χ1) is 8.53. The van der Waals surface area contributed by atoms with Crippen molar-refractivity contribution in [2.24, 2.45) is 0 Å². The largest absolute Gasteiger partial charge is 0.394 e. The zero-order valence-corrected chi connectivity index (χ0v) is 11.2. The van der Waals surface area contributed by atoms with Crippen LogP contribution < -0.4 is 0 Å². The van der Waals surface area contributed by atoms with E-state index in [1.54, 1.807) is 0 Å². The fourth-order valence-corrected chi connectivity index (χ4v) is 2.37. The average Bonchev–Trinajstić information content (AvgIpc) is 2.83. The van der Waals surface area contributed by atoms with Crippen LogP contribution in [0, 0.1) is 0 Å². The molecular formula is C12H19BO5. The van der Waals surface area contributed by atoms with Crippen LogP contribution in [0.4, 0.5) is 0 Å². The van der Waals surface area contributed by atoms with E-state index in [0.29, 0.717) is 0 Å². The van der Waals surface area contributed by atoms with E-state index >= 15 is 0 Å². The molecule has 0 aromatic rings. The summed E-state index contributed by atoms with van der Waals surface area (Å²) in [4.78, 5) is 0. The lowest BCUT2D eigenvalue weighted by Crippen LogP contribution is -2.45. The van der Waals surface area contributed by atoms with E-state index in [1.807, 2.05) is 27.8 Å². The Morgan fingerprint density at radius 1 is 1.50 bits per heavy atom. The Bertz CT molecular complexity index is 375. The number of hydrogen-bond acceptors (Lipinski definition) is 5. The molecule has 2 aliphatic rings. The minimum Gasteiger partial charge on any atom is -0.394 e. The van der Waals surface area contributed by atoms with Gasteiger partial charge in [0.25, 0.3) is 6.48 Å². The predicted octanol–water partition coefficient (Wildman–Crippen LogP) is -0.458. The molecule has 2 rings (SSSR count). The Kier molecular flexibility index (Phi) is 3.97. The molecule has 0 aromatic carbocycles. The van der Waals surface area contributed by atoms with Crippen molar-refractivity contribution in [3.8, 4) is 0 Å². The summed E-state index contributed by atoms with van der Waals surface area (Å²) in [6.45, 7) is 3.07. The first kappa shape index (κ1) is 13.8. The molecule has 5 atom stereocenters. The standard InChI is InChI=1S/C12H19BO5/c1-7(2)4-5-12-9(17-11(15-3)18-12)8(6-14)16-10(12)13/h5,8-11,14H,6,13H2,1-3H3/t8-,9?,10-,11?,12-/m1/s1. The van der Waals surface area contributed by atoms with Crippen LogP contribution in [0.5, 0.6) is 0 Å². The van der Waals surface area contributed by atoms with Gasteiger partial charge in [-0.25, -0.2) is 0 Å². The first-order valence-electron chi connectivity index (χ1n) is 6.07. The Labute approximate surface area is 108 Å². The number of hydrogen-bond donors (Lipinski definition) is 1. The fraction of sp³-hybridized carbons (Fsp3) is 0.750. The summed E-state index contributed by atoms with van der Waals surface area (Å²) >= 11 is 0. The Balaban J connectivity index is 2.36. The lowest BCUT2D eigenvalue weighted by Gasteiger charge is -2.25. The SMILES string of the molecule is B[C@@H]1O[C@H](CO)C2OC(OC)O[C@]21C=C=C(C)C. The Morgan fingerprint density at radius 2 is 2.22 bits per heavy atom. The van der Waals surface area contributed by atoms with Gasteiger partial charge in [-0.1, -0.05) is 0 Å². The average molecular weight is 254 g/mol. The number of aliphatic hydroxyl groups is 1. The van der Waals surface area contributed by atoms with Crippen LogP contribution in [-0.2, 0) is 18.9 Å². The van der Waals surface area contributed by atoms with E-state index in [4.69, 9.17) is 18.9 Å². The Morgan fingerprint density at radius 3 is 2.78 bits per heavy atom. The molecule has 0 bridgehead atoms. The lowest BCUT2D eigenvalue weighted by molar-refractivity contribution is -0.254. The maximum Gasteiger partial charge on any atom is 0.272 e. The van der Waals surface area contributed by atoms with Gasteiger partial charge in [0.15, 0.2) is 0 Å². The van der Waals surface area contributed by atoms with Crippen molar-refractivity contribution < 1.29 is 24.1 Å². The zero-order chi connectivity index (χ0) is 13.3. The molecule has 0 spiro atoms. The maximum atomic E-state index is 9.34. The molecule has 0 saturated carbocycles. The highest BCUT2D eigenvalue weighted by Gasteiger charge is 2.61. The lowest BCUT2D eigenvalue weighted by atomic mass is 9.80. The molecule has 2 aliphatic heterocycles. The molecule has 5 nitrogen and oxygen atoms in total. The smallest absolute Gasteiger partial charge is 0.272 e. The molecular weight excluding hydrogens is 235 g/mol. The number of methoxy groups -OCH3 is 1. The highest BCUT2D eigenvalue weighted by atomic mass is 16.9. The van der Waals surface area contributed by atoms with Crippen molar-refractivity contribution in [1.82, 2.24) is 0 Å². The van der Waals surface area contributed by atoms with Gasteiger partial charge in [-0.05, 0) is 25.5 Å². The summed E-state index contributed by atoms with van der Waals surface area (Å²) in [7, 11) is 3.41. The molecule has 0 aliphatic carbocycles. The van der Waals surface area contributed by atoms with Gasteiger partial charge >= 0.3 is 0 Å². The molecule has 0 aromatic heterocycles. The fourth-order valence-electron chi connectivity index (χ4n) is 2.37. The van der Waals surface area contributed by atoms with Gasteiger partial charge < -0.3 is 24.1 Å². The second-order valence-electron chi connectivity index (χ2n) is 4.84. The van der Waals surface area contributed by atoms with E-state index < -0.39 is 18.2 Å². The third-order valence-electron chi connectivity index (χ3n) is 3.31. The number of aliphatic hydroxyl groups excluding tert-OH is 1. The summed E-state index contributed by atoms with van der Waals surface area (Å²) in [5.41, 5.74) is 3.43. The third-order valence-corrected chi connectivity index (χ3v) is 3.31. The van der Waals surface area contributed by atoms with Crippen LogP contribution >= 0.6 is 0 Å². The number of fused-ring (bicyclic) bond motifs is 1. The van der Waals surface area contributed by atoms with Gasteiger partial charge in [0.05, 0.1) is 12.6 Å². The summed E-state index contributed by atoms with van der Waals surface area (Å²) in [5, 5.41) is 9.34. The highest BCUT2D eigenvalue weighted by molar-refractivity contribution is 6.12. The van der Waals surface area contributed by atoms with Gasteiger partial charge in [0.2, 0.25) is 0 Å². The molecule has 18 heavy (non-hydrogen) atoms. The zero-order valence-electron chi connectivity index (χ0n) is 11.2. The second-order valence-corrected chi connectivity index (χ2v) is 4.84. The van der Waals surface area contributed by atoms with Crippen LogP contribution in [0.1, 0.15) is 13.8 Å². The van der Waals surface area contributed by atoms with Crippen molar-refractivity contribution in [3.05, 3.63) is 17.4 Å². The molecule has 100 valence electrons. The van der Waals surface area contributed by atoms with E-state index in [0.717, 1.165) is 5.57 Å². The third kappa shape index (κ3) is 2.16. The minimum atomic E-state index is -0.745. The monoisotopic (exact) mass is 254 g/mol. The van der Waals surface area contributed by atoms with Crippen molar-refractivity contribution in [1.29, 1.82) is 0 Å². The van der Waals surface area contributed by atoms with Gasteiger partial charge in [0, 0.05) is 7.11 Å². The van der Waals surface area contributed by atoms with Crippen LogP contribution in [0.2, 0.25) is 0 Å². The van der Waals surface area contributed by atoms with Crippen molar-refractivity contribution in [2.45, 2.75) is 44.1 Å². The topological polar surface area (TPSA) is 57.2 Å². The molecule has 6 heteroatoms. The van der Waals surface area contributed by atoms with Crippen LogP contribution in [0.3, 0.4) is 0 Å². The van der Waals surface area contributed by atoms with E-state index in [1.165, 1.54) is 7.11 Å². The number of ether oxygens (including phenoxy) is 4. The normalized spacial score (nSPS) is 42.4. The Hall–Kier alpha value is -0.615. The highest BCUT2D eigenvalue weighted by Crippen LogP contribution is 2.43. The predicted molar refractivity (Wildman–Crippen MR) is 66.7 cm³/mol. The summed E-state index contributed by atoms with van der Waals surface area (Å²) in [6.07, 6.45) is 1.04. The number of rotatable bonds is 3. The van der Waals surface area contributed by atoms with Gasteiger partial charge in [0.1, 0.15) is 25.7 Å². The van der Waals surface area contributed by atoms with Crippen molar-refractivity contribution >= 4 is 7.85 Å². The molecule has 0 radical (unpaired) electrons. The quantitative estimate of drug-likeness (QED) is 0.545. The van der Waals surface area contributed by atoms with Crippen LogP contribution in [0.25, 0.3) is 0 Å². The van der Waals surface area contributed by atoms with Gasteiger partial charge in [-0.15, -0.1) is 5.73 Å². The molecule has 0 amide bonds. The summed E-state index contributed by atoms with van der Waals surface area (Å²) < 4.78 is 22.2. The van der Waals surface area contributed by atoms with Crippen LogP contribution in [-0.4, -0.2) is 57.0 Å². The second kappa shape index (κ2) is 5.17. The first-order valence-corrected chi connectivity index (χ1v) is 6.07. The van der Waals surface area contributed by atoms with E-state index in [-0.39, 0.29) is 18.7 Å².